The standard InChI is InChI=1S/2C33H34N6O6/c2*1-3-42-32-34-28-15-9-14-27(31(40)43-21(2)44-33(41)45-24-10-5-4-6-11-24)29(28)39(32)20-22-16-18-23(19-17-22)25-12-7-8-13-26(25)30-35-37-38-36-30/h2*7-9,12-19,21,24H,3-6,10-11,20H2,1-2H3,(H,35,36,37,38). The predicted molar refractivity (Wildman–Crippen MR) is 329 cm³/mol. The summed E-state index contributed by atoms with van der Waals surface area (Å²) in [5.41, 5.74) is 10.3. The van der Waals surface area contributed by atoms with Gasteiger partial charge in [-0.1, -0.05) is 122 Å². The zero-order valence-corrected chi connectivity index (χ0v) is 50.3. The summed E-state index contributed by atoms with van der Waals surface area (Å²) in [4.78, 5) is 60.7. The van der Waals surface area contributed by atoms with Gasteiger partial charge in [0.1, 0.15) is 12.2 Å². The second-order valence-corrected chi connectivity index (χ2v) is 21.6. The lowest BCUT2D eigenvalue weighted by Gasteiger charge is -2.22. The first-order valence-corrected chi connectivity index (χ1v) is 30.2. The molecule has 10 aromatic rings. The van der Waals surface area contributed by atoms with E-state index in [2.05, 4.69) is 51.2 Å². The van der Waals surface area contributed by atoms with Crippen LogP contribution >= 0.6 is 0 Å². The van der Waals surface area contributed by atoms with Crippen LogP contribution in [0.15, 0.2) is 133 Å². The Kier molecular flexibility index (Phi) is 19.7. The van der Waals surface area contributed by atoms with Gasteiger partial charge in [-0.3, -0.25) is 9.13 Å². The molecule has 464 valence electrons. The number of carbonyl (C=O) groups is 4. The van der Waals surface area contributed by atoms with Crippen LogP contribution in [0.25, 0.3) is 67.1 Å². The van der Waals surface area contributed by atoms with Gasteiger partial charge in [-0.05, 0) is 133 Å². The predicted octanol–water partition coefficient (Wildman–Crippen LogP) is 12.6. The second kappa shape index (κ2) is 29.0. The number of H-pyrrole nitrogens is 2. The lowest BCUT2D eigenvalue weighted by molar-refractivity contribution is -0.0929. The van der Waals surface area contributed by atoms with Gasteiger partial charge in [0.05, 0.1) is 59.5 Å². The first kappa shape index (κ1) is 61.1. The van der Waals surface area contributed by atoms with Crippen LogP contribution in [0.2, 0.25) is 0 Å². The number of imidazole rings is 2. The van der Waals surface area contributed by atoms with Crippen LogP contribution in [0.1, 0.15) is 124 Å². The van der Waals surface area contributed by atoms with Crippen LogP contribution in [0.5, 0.6) is 12.0 Å². The Bertz CT molecular complexity index is 3790. The molecule has 4 heterocycles. The van der Waals surface area contributed by atoms with Crippen LogP contribution < -0.4 is 9.47 Å². The van der Waals surface area contributed by atoms with Crippen LogP contribution in [0, 0.1) is 0 Å². The number of tetrazole rings is 2. The molecular formula is C66H68N12O12. The van der Waals surface area contributed by atoms with Crippen molar-refractivity contribution in [1.82, 2.24) is 60.4 Å². The van der Waals surface area contributed by atoms with Gasteiger partial charge in [0.15, 0.2) is 0 Å². The highest BCUT2D eigenvalue weighted by Crippen LogP contribution is 2.34. The Labute approximate surface area is 517 Å². The van der Waals surface area contributed by atoms with Crippen molar-refractivity contribution in [1.29, 1.82) is 0 Å². The number of aromatic nitrogens is 12. The maximum atomic E-state index is 13.4. The van der Waals surface area contributed by atoms with Crippen molar-refractivity contribution in [3.63, 3.8) is 0 Å². The van der Waals surface area contributed by atoms with Gasteiger partial charge in [-0.15, -0.1) is 20.4 Å². The molecule has 0 amide bonds. The van der Waals surface area contributed by atoms with Crippen LogP contribution in [-0.2, 0) is 41.5 Å². The fourth-order valence-electron chi connectivity index (χ4n) is 11.2. The van der Waals surface area contributed by atoms with E-state index >= 15 is 0 Å². The third kappa shape index (κ3) is 14.7. The van der Waals surface area contributed by atoms with Crippen LogP contribution in [0.3, 0.4) is 0 Å². The molecule has 2 unspecified atom stereocenters. The number of para-hydroxylation sites is 2. The van der Waals surface area contributed by atoms with Crippen molar-refractivity contribution in [3.8, 4) is 57.1 Å². The highest BCUT2D eigenvalue weighted by Gasteiger charge is 2.28. The molecule has 0 bridgehead atoms. The van der Waals surface area contributed by atoms with E-state index in [4.69, 9.17) is 37.9 Å². The monoisotopic (exact) mass is 1220 g/mol. The van der Waals surface area contributed by atoms with Crippen molar-refractivity contribution in [2.75, 3.05) is 13.2 Å². The molecule has 24 heteroatoms. The van der Waals surface area contributed by atoms with E-state index in [-0.39, 0.29) is 23.3 Å². The molecule has 2 saturated carbocycles. The quantitative estimate of drug-likeness (QED) is 0.0407. The smallest absolute Gasteiger partial charge is 0.465 e. The van der Waals surface area contributed by atoms with Crippen molar-refractivity contribution in [3.05, 3.63) is 156 Å². The van der Waals surface area contributed by atoms with Crippen molar-refractivity contribution in [2.24, 2.45) is 0 Å². The minimum absolute atomic E-state index is 0.163. The maximum Gasteiger partial charge on any atom is 0.511 e. The first-order valence-electron chi connectivity index (χ1n) is 30.2. The molecule has 24 nitrogen and oxygen atoms in total. The summed E-state index contributed by atoms with van der Waals surface area (Å²) in [5.74, 6) is -0.283. The first-order chi connectivity index (χ1) is 44.0. The summed E-state index contributed by atoms with van der Waals surface area (Å²) in [5, 5.41) is 28.9. The topological polar surface area (TPSA) is 287 Å². The van der Waals surface area contributed by atoms with Gasteiger partial charge in [-0.2, -0.15) is 20.4 Å². The van der Waals surface area contributed by atoms with Crippen molar-refractivity contribution >= 4 is 46.3 Å². The van der Waals surface area contributed by atoms with E-state index in [1.807, 2.05) is 132 Å². The number of nitrogens with one attached hydrogen (secondary N) is 2. The van der Waals surface area contributed by atoms with Gasteiger partial charge in [0.25, 0.3) is 12.0 Å². The fourth-order valence-corrected chi connectivity index (χ4v) is 11.2. The Morgan fingerprint density at radius 3 is 1.23 bits per heavy atom. The van der Waals surface area contributed by atoms with Crippen LogP contribution in [0.4, 0.5) is 9.59 Å². The maximum absolute atomic E-state index is 13.4. The fraction of sp³-hybridized carbons (Fsp3) is 0.333. The van der Waals surface area contributed by atoms with Gasteiger partial charge in [0.2, 0.25) is 24.2 Å². The third-order valence-electron chi connectivity index (χ3n) is 15.4. The molecular weight excluding hydrogens is 1150 g/mol. The number of hydrogen-bond acceptors (Lipinski definition) is 20. The molecule has 90 heavy (non-hydrogen) atoms. The summed E-state index contributed by atoms with van der Waals surface area (Å²) in [6.07, 6.45) is 5.30. The largest absolute Gasteiger partial charge is 0.511 e. The van der Waals surface area contributed by atoms with Crippen molar-refractivity contribution < 1.29 is 57.1 Å². The van der Waals surface area contributed by atoms with Gasteiger partial charge in [0, 0.05) is 25.0 Å². The summed E-state index contributed by atoms with van der Waals surface area (Å²) in [6.45, 7) is 8.26. The zero-order valence-electron chi connectivity index (χ0n) is 50.3. The second-order valence-electron chi connectivity index (χ2n) is 21.6. The van der Waals surface area contributed by atoms with Crippen molar-refractivity contribution in [2.45, 2.75) is 130 Å². The molecule has 2 N–H and O–H groups in total. The van der Waals surface area contributed by atoms with Crippen LogP contribution in [-0.4, -0.2) is 123 Å². The van der Waals surface area contributed by atoms with Gasteiger partial charge >= 0.3 is 24.2 Å². The number of ether oxygens (including phenoxy) is 8. The molecule has 0 saturated heterocycles. The molecule has 12 rings (SSSR count). The highest BCUT2D eigenvalue weighted by molar-refractivity contribution is 6.03. The van der Waals surface area contributed by atoms with Gasteiger partial charge < -0.3 is 37.9 Å². The minimum Gasteiger partial charge on any atom is -0.465 e. The Morgan fingerprint density at radius 1 is 0.478 bits per heavy atom. The normalized spacial score (nSPS) is 14.2. The van der Waals surface area contributed by atoms with E-state index in [9.17, 15) is 19.2 Å². The third-order valence-corrected chi connectivity index (χ3v) is 15.4. The lowest BCUT2D eigenvalue weighted by atomic mass is 9.98. The number of benzene rings is 6. The average Bonchev–Trinajstić information content (AvgIpc) is 1.72. The molecule has 6 aromatic carbocycles. The summed E-state index contributed by atoms with van der Waals surface area (Å²) in [6, 6.07) is 43.0. The number of aromatic amines is 2. The molecule has 0 aliphatic heterocycles. The molecule has 0 radical (unpaired) electrons. The average molecular weight is 1220 g/mol. The van der Waals surface area contributed by atoms with E-state index in [1.54, 1.807) is 24.3 Å². The Hall–Kier alpha value is -10.5. The summed E-state index contributed by atoms with van der Waals surface area (Å²) < 4.78 is 47.8. The number of rotatable bonds is 20. The number of fused-ring (bicyclic) bond motifs is 2. The molecule has 2 aliphatic carbocycles. The molecule has 2 aliphatic rings. The number of carbonyl (C=O) groups excluding carboxylic acids is 4. The van der Waals surface area contributed by atoms with E-state index in [0.29, 0.717) is 72.0 Å². The van der Waals surface area contributed by atoms with E-state index in [0.717, 1.165) is 109 Å². The molecule has 2 fully saturated rings. The molecule has 0 spiro atoms. The van der Waals surface area contributed by atoms with Gasteiger partial charge in [-0.25, -0.2) is 19.2 Å². The summed E-state index contributed by atoms with van der Waals surface area (Å²) in [7, 11) is 0. The number of nitrogens with zero attached hydrogens (tertiary/aromatic N) is 10. The Balaban J connectivity index is 0.000000185. The lowest BCUT2D eigenvalue weighted by Crippen LogP contribution is -2.26. The molecule has 4 aromatic heterocycles. The SMILES string of the molecule is CCOc1nc2cccc(C(=O)OC(C)OC(=O)OC3CCCCC3)c2n1Cc1ccc(-c2ccccc2-c2nn[nH]n2)cc1.CCOc1nc2cccc(C(=O)OC(C)OC(=O)OC3CCCCC3)c2n1Cc1ccc(-c2ccccc2-c2nn[nH]n2)cc1. The summed E-state index contributed by atoms with van der Waals surface area (Å²) >= 11 is 0. The Morgan fingerprint density at radius 2 is 0.867 bits per heavy atom. The minimum atomic E-state index is -1.14. The van der Waals surface area contributed by atoms with E-state index in [1.165, 1.54) is 13.8 Å². The molecule has 2 atom stereocenters. The zero-order chi connectivity index (χ0) is 62.3. The van der Waals surface area contributed by atoms with E-state index < -0.39 is 36.8 Å². The number of esters is 2. The highest BCUT2D eigenvalue weighted by atomic mass is 16.8. The number of hydrogen-bond donors (Lipinski definition) is 2.